The van der Waals surface area contributed by atoms with Crippen LogP contribution < -0.4 is 16.4 Å². The van der Waals surface area contributed by atoms with Gasteiger partial charge in [-0.15, -0.1) is 0 Å². The van der Waals surface area contributed by atoms with Crippen LogP contribution in [0.1, 0.15) is 18.9 Å². The average molecular weight is 219 g/mol. The molecule has 0 saturated carbocycles. The lowest BCUT2D eigenvalue weighted by molar-refractivity contribution is -0.115. The maximum Gasteiger partial charge on any atom is 0.228 e. The average Bonchev–Trinajstić information content (AvgIpc) is 2.56. The van der Waals surface area contributed by atoms with Crippen LogP contribution in [0.2, 0.25) is 0 Å². The third-order valence-corrected chi connectivity index (χ3v) is 2.66. The van der Waals surface area contributed by atoms with Crippen molar-refractivity contribution in [1.82, 2.24) is 0 Å². The van der Waals surface area contributed by atoms with Gasteiger partial charge in [-0.05, 0) is 37.1 Å². The summed E-state index contributed by atoms with van der Waals surface area (Å²) >= 11 is 0. The predicted octanol–water partition coefficient (Wildman–Crippen LogP) is 1.33. The maximum absolute atomic E-state index is 11.2. The smallest absolute Gasteiger partial charge is 0.228 e. The molecule has 4 heteroatoms. The second-order valence-corrected chi connectivity index (χ2v) is 4.29. The van der Waals surface area contributed by atoms with Crippen molar-refractivity contribution < 1.29 is 4.79 Å². The maximum atomic E-state index is 11.2. The van der Waals surface area contributed by atoms with E-state index in [1.54, 1.807) is 0 Å². The molecular weight excluding hydrogens is 202 g/mol. The van der Waals surface area contributed by atoms with Crippen LogP contribution in [-0.4, -0.2) is 18.5 Å². The van der Waals surface area contributed by atoms with Gasteiger partial charge in [0.25, 0.3) is 0 Å². The standard InChI is InChI=1S/C12H17N3O/c1-8(13)4-5-14-10-2-3-11-9(6-10)7-12(16)15-11/h2-3,6,8,14H,4-5,7,13H2,1H3,(H,15,16). The van der Waals surface area contributed by atoms with Crippen molar-refractivity contribution in [3.05, 3.63) is 23.8 Å². The fourth-order valence-corrected chi connectivity index (χ4v) is 1.78. The number of hydrogen-bond donors (Lipinski definition) is 3. The van der Waals surface area contributed by atoms with Crippen LogP contribution in [0.15, 0.2) is 18.2 Å². The van der Waals surface area contributed by atoms with Crippen molar-refractivity contribution in [2.24, 2.45) is 5.73 Å². The Morgan fingerprint density at radius 1 is 1.56 bits per heavy atom. The highest BCUT2D eigenvalue weighted by Crippen LogP contribution is 2.25. The fraction of sp³-hybridized carbons (Fsp3) is 0.417. The molecule has 4 N–H and O–H groups in total. The number of carbonyl (C=O) groups is 1. The molecule has 1 aromatic carbocycles. The number of nitrogens with one attached hydrogen (secondary N) is 2. The molecule has 0 fully saturated rings. The van der Waals surface area contributed by atoms with E-state index in [9.17, 15) is 4.79 Å². The Morgan fingerprint density at radius 2 is 2.38 bits per heavy atom. The topological polar surface area (TPSA) is 67.1 Å². The second kappa shape index (κ2) is 4.53. The normalized spacial score (nSPS) is 15.5. The summed E-state index contributed by atoms with van der Waals surface area (Å²) < 4.78 is 0. The minimum Gasteiger partial charge on any atom is -0.385 e. The fourth-order valence-electron chi connectivity index (χ4n) is 1.78. The number of amides is 1. The molecule has 0 radical (unpaired) electrons. The van der Waals surface area contributed by atoms with Crippen LogP contribution in [0, 0.1) is 0 Å². The summed E-state index contributed by atoms with van der Waals surface area (Å²) in [4.78, 5) is 11.2. The van der Waals surface area contributed by atoms with Gasteiger partial charge in [-0.3, -0.25) is 4.79 Å². The molecule has 2 rings (SSSR count). The van der Waals surface area contributed by atoms with Gasteiger partial charge in [0.05, 0.1) is 6.42 Å². The summed E-state index contributed by atoms with van der Waals surface area (Å²) in [6.07, 6.45) is 1.42. The monoisotopic (exact) mass is 219 g/mol. The van der Waals surface area contributed by atoms with Crippen LogP contribution in [0.25, 0.3) is 0 Å². The van der Waals surface area contributed by atoms with Gasteiger partial charge in [0.2, 0.25) is 5.91 Å². The number of carbonyl (C=O) groups excluding carboxylic acids is 1. The Kier molecular flexibility index (Phi) is 3.10. The van der Waals surface area contributed by atoms with Crippen molar-refractivity contribution in [3.8, 4) is 0 Å². The minimum atomic E-state index is 0.0720. The van der Waals surface area contributed by atoms with E-state index >= 15 is 0 Å². The van der Waals surface area contributed by atoms with E-state index in [-0.39, 0.29) is 11.9 Å². The molecule has 1 amide bonds. The highest BCUT2D eigenvalue weighted by atomic mass is 16.1. The highest BCUT2D eigenvalue weighted by molar-refractivity contribution is 5.99. The molecule has 1 atom stereocenters. The molecule has 1 heterocycles. The number of rotatable bonds is 4. The summed E-state index contributed by atoms with van der Waals surface area (Å²) in [6, 6.07) is 6.15. The van der Waals surface area contributed by atoms with Gasteiger partial charge in [-0.2, -0.15) is 0 Å². The first-order valence-electron chi connectivity index (χ1n) is 5.57. The summed E-state index contributed by atoms with van der Waals surface area (Å²) in [7, 11) is 0. The van der Waals surface area contributed by atoms with Crippen LogP contribution >= 0.6 is 0 Å². The Balaban J connectivity index is 1.97. The highest BCUT2D eigenvalue weighted by Gasteiger charge is 2.17. The van der Waals surface area contributed by atoms with Crippen LogP contribution in [-0.2, 0) is 11.2 Å². The first kappa shape index (κ1) is 11.0. The molecule has 0 spiro atoms. The van der Waals surface area contributed by atoms with E-state index in [1.807, 2.05) is 25.1 Å². The molecule has 0 bridgehead atoms. The van der Waals surface area contributed by atoms with Gasteiger partial charge in [0, 0.05) is 24.0 Å². The van der Waals surface area contributed by atoms with E-state index in [4.69, 9.17) is 5.73 Å². The zero-order valence-electron chi connectivity index (χ0n) is 9.42. The number of hydrogen-bond acceptors (Lipinski definition) is 3. The number of anilines is 2. The van der Waals surface area contributed by atoms with Gasteiger partial charge in [0.1, 0.15) is 0 Å². The zero-order chi connectivity index (χ0) is 11.5. The molecule has 1 aromatic rings. The van der Waals surface area contributed by atoms with E-state index in [1.165, 1.54) is 0 Å². The third kappa shape index (κ3) is 2.52. The Morgan fingerprint density at radius 3 is 3.12 bits per heavy atom. The molecule has 1 aliphatic rings. The first-order valence-corrected chi connectivity index (χ1v) is 5.57. The van der Waals surface area contributed by atoms with Crippen molar-refractivity contribution in [1.29, 1.82) is 0 Å². The van der Waals surface area contributed by atoms with Crippen molar-refractivity contribution >= 4 is 17.3 Å². The van der Waals surface area contributed by atoms with E-state index in [2.05, 4.69) is 10.6 Å². The van der Waals surface area contributed by atoms with Crippen molar-refractivity contribution in [3.63, 3.8) is 0 Å². The molecule has 1 aliphatic heterocycles. The predicted molar refractivity (Wildman–Crippen MR) is 65.5 cm³/mol. The number of benzene rings is 1. The molecule has 1 unspecified atom stereocenters. The minimum absolute atomic E-state index is 0.0720. The lowest BCUT2D eigenvalue weighted by Gasteiger charge is -2.09. The zero-order valence-corrected chi connectivity index (χ0v) is 9.42. The summed E-state index contributed by atoms with van der Waals surface area (Å²) in [6.45, 7) is 2.85. The Labute approximate surface area is 95.2 Å². The van der Waals surface area contributed by atoms with Gasteiger partial charge >= 0.3 is 0 Å². The SMILES string of the molecule is CC(N)CCNc1ccc2c(c1)CC(=O)N2. The van der Waals surface area contributed by atoms with Gasteiger partial charge in [-0.25, -0.2) is 0 Å². The number of nitrogens with two attached hydrogens (primary N) is 1. The lowest BCUT2D eigenvalue weighted by Crippen LogP contribution is -2.19. The van der Waals surface area contributed by atoms with Crippen LogP contribution in [0.3, 0.4) is 0 Å². The summed E-state index contributed by atoms with van der Waals surface area (Å²) in [5, 5.41) is 6.11. The van der Waals surface area contributed by atoms with Crippen LogP contribution in [0.5, 0.6) is 0 Å². The molecule has 0 aromatic heterocycles. The van der Waals surface area contributed by atoms with E-state index in [0.29, 0.717) is 6.42 Å². The molecular formula is C12H17N3O. The molecule has 0 saturated heterocycles. The largest absolute Gasteiger partial charge is 0.385 e. The van der Waals surface area contributed by atoms with Crippen LogP contribution in [0.4, 0.5) is 11.4 Å². The van der Waals surface area contributed by atoms with E-state index in [0.717, 1.165) is 29.9 Å². The molecule has 4 nitrogen and oxygen atoms in total. The summed E-state index contributed by atoms with van der Waals surface area (Å²) in [5.41, 5.74) is 8.72. The quantitative estimate of drug-likeness (QED) is 0.715. The summed E-state index contributed by atoms with van der Waals surface area (Å²) in [5.74, 6) is 0.0720. The van der Waals surface area contributed by atoms with Crippen molar-refractivity contribution in [2.45, 2.75) is 25.8 Å². The Bertz CT molecular complexity index is 401. The van der Waals surface area contributed by atoms with Gasteiger partial charge in [-0.1, -0.05) is 0 Å². The number of fused-ring (bicyclic) bond motifs is 1. The van der Waals surface area contributed by atoms with Crippen molar-refractivity contribution in [2.75, 3.05) is 17.2 Å². The van der Waals surface area contributed by atoms with Gasteiger partial charge < -0.3 is 16.4 Å². The lowest BCUT2D eigenvalue weighted by atomic mass is 10.1. The van der Waals surface area contributed by atoms with Gasteiger partial charge in [0.15, 0.2) is 0 Å². The molecule has 86 valence electrons. The second-order valence-electron chi connectivity index (χ2n) is 4.29. The Hall–Kier alpha value is -1.55. The molecule has 0 aliphatic carbocycles. The molecule has 16 heavy (non-hydrogen) atoms. The third-order valence-electron chi connectivity index (χ3n) is 2.66. The first-order chi connectivity index (χ1) is 7.65. The van der Waals surface area contributed by atoms with E-state index < -0.39 is 0 Å².